The first-order valence-electron chi connectivity index (χ1n) is 4.88. The lowest BCUT2D eigenvalue weighted by Gasteiger charge is -2.33. The van der Waals surface area contributed by atoms with Crippen LogP contribution in [-0.2, 0) is 0 Å². The lowest BCUT2D eigenvalue weighted by molar-refractivity contribution is 0.173. The predicted molar refractivity (Wildman–Crippen MR) is 47.5 cm³/mol. The summed E-state index contributed by atoms with van der Waals surface area (Å²) < 4.78 is 0. The monoisotopic (exact) mass is 156 g/mol. The molecular formula is C10H20O. The van der Waals surface area contributed by atoms with E-state index in [2.05, 4.69) is 6.92 Å². The van der Waals surface area contributed by atoms with Crippen molar-refractivity contribution in [2.24, 2.45) is 5.41 Å². The molecule has 0 heterocycles. The molecule has 1 saturated carbocycles. The summed E-state index contributed by atoms with van der Waals surface area (Å²) in [6, 6.07) is 0. The standard InChI is InChI=1S/C10H20O/c1-10(8-5-9-11)6-3-2-4-7-10/h11H,2-9H2,1H3. The van der Waals surface area contributed by atoms with Crippen LogP contribution in [0, 0.1) is 5.41 Å². The molecule has 1 N–H and O–H groups in total. The molecule has 0 aliphatic heterocycles. The Labute approximate surface area is 69.8 Å². The molecule has 0 aromatic rings. The molecule has 1 heteroatoms. The topological polar surface area (TPSA) is 20.2 Å². The minimum Gasteiger partial charge on any atom is -0.396 e. The van der Waals surface area contributed by atoms with E-state index in [9.17, 15) is 0 Å². The van der Waals surface area contributed by atoms with Crippen molar-refractivity contribution in [3.63, 3.8) is 0 Å². The van der Waals surface area contributed by atoms with Gasteiger partial charge in [-0.05, 0) is 31.1 Å². The van der Waals surface area contributed by atoms with E-state index in [1.807, 2.05) is 0 Å². The van der Waals surface area contributed by atoms with Gasteiger partial charge in [-0.2, -0.15) is 0 Å². The van der Waals surface area contributed by atoms with Crippen LogP contribution in [0.5, 0.6) is 0 Å². The minimum absolute atomic E-state index is 0.371. The molecule has 0 bridgehead atoms. The first-order valence-corrected chi connectivity index (χ1v) is 4.88. The fourth-order valence-electron chi connectivity index (χ4n) is 2.16. The van der Waals surface area contributed by atoms with E-state index in [0.29, 0.717) is 12.0 Å². The largest absolute Gasteiger partial charge is 0.396 e. The highest BCUT2D eigenvalue weighted by molar-refractivity contribution is 4.77. The lowest BCUT2D eigenvalue weighted by Crippen LogP contribution is -2.20. The summed E-state index contributed by atoms with van der Waals surface area (Å²) >= 11 is 0. The lowest BCUT2D eigenvalue weighted by atomic mass is 9.73. The fraction of sp³-hybridized carbons (Fsp3) is 1.00. The normalized spacial score (nSPS) is 23.5. The van der Waals surface area contributed by atoms with Crippen LogP contribution in [0.15, 0.2) is 0 Å². The smallest absolute Gasteiger partial charge is 0.0431 e. The zero-order valence-electron chi connectivity index (χ0n) is 7.60. The average Bonchev–Trinajstić information content (AvgIpc) is 2.03. The van der Waals surface area contributed by atoms with Gasteiger partial charge in [0.05, 0.1) is 0 Å². The van der Waals surface area contributed by atoms with E-state index in [1.54, 1.807) is 0 Å². The number of rotatable bonds is 3. The molecule has 0 atom stereocenters. The average molecular weight is 156 g/mol. The maximum atomic E-state index is 8.71. The van der Waals surface area contributed by atoms with Crippen LogP contribution in [0.4, 0.5) is 0 Å². The molecule has 1 aliphatic rings. The highest BCUT2D eigenvalue weighted by Gasteiger charge is 2.25. The van der Waals surface area contributed by atoms with Crippen molar-refractivity contribution in [1.82, 2.24) is 0 Å². The van der Waals surface area contributed by atoms with Crippen molar-refractivity contribution in [3.05, 3.63) is 0 Å². The molecule has 1 aliphatic carbocycles. The van der Waals surface area contributed by atoms with Gasteiger partial charge in [-0.15, -0.1) is 0 Å². The van der Waals surface area contributed by atoms with E-state index in [0.717, 1.165) is 6.42 Å². The Hall–Kier alpha value is -0.0400. The molecule has 1 nitrogen and oxygen atoms in total. The Morgan fingerprint density at radius 2 is 1.82 bits per heavy atom. The van der Waals surface area contributed by atoms with Gasteiger partial charge in [0.15, 0.2) is 0 Å². The van der Waals surface area contributed by atoms with Crippen LogP contribution in [0.1, 0.15) is 51.9 Å². The number of aliphatic hydroxyl groups is 1. The molecule has 1 rings (SSSR count). The molecule has 0 radical (unpaired) electrons. The van der Waals surface area contributed by atoms with Gasteiger partial charge in [0.25, 0.3) is 0 Å². The summed E-state index contributed by atoms with van der Waals surface area (Å²) in [5, 5.41) is 8.71. The van der Waals surface area contributed by atoms with E-state index in [4.69, 9.17) is 5.11 Å². The quantitative estimate of drug-likeness (QED) is 0.666. The summed E-state index contributed by atoms with van der Waals surface area (Å²) in [5.74, 6) is 0. The van der Waals surface area contributed by atoms with Gasteiger partial charge in [-0.1, -0.05) is 26.2 Å². The second-order valence-electron chi connectivity index (χ2n) is 4.20. The molecule has 0 aromatic heterocycles. The van der Waals surface area contributed by atoms with Crippen molar-refractivity contribution in [3.8, 4) is 0 Å². The van der Waals surface area contributed by atoms with Crippen LogP contribution in [-0.4, -0.2) is 11.7 Å². The van der Waals surface area contributed by atoms with Gasteiger partial charge < -0.3 is 5.11 Å². The van der Waals surface area contributed by atoms with Crippen LogP contribution in [0.3, 0.4) is 0 Å². The third kappa shape index (κ3) is 2.82. The second kappa shape index (κ2) is 4.10. The number of aliphatic hydroxyl groups excluding tert-OH is 1. The summed E-state index contributed by atoms with van der Waals surface area (Å²) in [7, 11) is 0. The highest BCUT2D eigenvalue weighted by atomic mass is 16.2. The van der Waals surface area contributed by atoms with Crippen molar-refractivity contribution >= 4 is 0 Å². The molecule has 0 amide bonds. The molecule has 11 heavy (non-hydrogen) atoms. The van der Waals surface area contributed by atoms with Crippen LogP contribution in [0.2, 0.25) is 0 Å². The third-order valence-corrected chi connectivity index (χ3v) is 3.00. The van der Waals surface area contributed by atoms with Gasteiger partial charge in [0.2, 0.25) is 0 Å². The molecule has 0 saturated heterocycles. The van der Waals surface area contributed by atoms with E-state index in [-0.39, 0.29) is 0 Å². The maximum absolute atomic E-state index is 8.71. The first-order chi connectivity index (χ1) is 5.27. The van der Waals surface area contributed by atoms with E-state index < -0.39 is 0 Å². The third-order valence-electron chi connectivity index (χ3n) is 3.00. The summed E-state index contributed by atoms with van der Waals surface area (Å²) in [6.07, 6.45) is 9.22. The van der Waals surface area contributed by atoms with E-state index in [1.165, 1.54) is 38.5 Å². The Bertz CT molecular complexity index is 103. The zero-order chi connectivity index (χ0) is 8.16. The Morgan fingerprint density at radius 1 is 1.18 bits per heavy atom. The maximum Gasteiger partial charge on any atom is 0.0431 e. The molecule has 0 unspecified atom stereocenters. The molecule has 0 aromatic carbocycles. The van der Waals surface area contributed by atoms with Gasteiger partial charge in [0.1, 0.15) is 0 Å². The highest BCUT2D eigenvalue weighted by Crippen LogP contribution is 2.39. The van der Waals surface area contributed by atoms with Crippen molar-refractivity contribution in [2.75, 3.05) is 6.61 Å². The summed E-state index contributed by atoms with van der Waals surface area (Å²) in [4.78, 5) is 0. The first kappa shape index (κ1) is 9.05. The number of hydrogen-bond donors (Lipinski definition) is 1. The van der Waals surface area contributed by atoms with Gasteiger partial charge >= 0.3 is 0 Å². The van der Waals surface area contributed by atoms with Gasteiger partial charge in [-0.3, -0.25) is 0 Å². The molecule has 0 spiro atoms. The van der Waals surface area contributed by atoms with Crippen LogP contribution >= 0.6 is 0 Å². The Kier molecular flexibility index (Phi) is 3.38. The van der Waals surface area contributed by atoms with Gasteiger partial charge in [-0.25, -0.2) is 0 Å². The Balaban J connectivity index is 2.25. The molecule has 1 fully saturated rings. The zero-order valence-corrected chi connectivity index (χ0v) is 7.60. The minimum atomic E-state index is 0.371. The van der Waals surface area contributed by atoms with Crippen LogP contribution < -0.4 is 0 Å². The summed E-state index contributed by atoms with van der Waals surface area (Å²) in [5.41, 5.74) is 0.570. The molecule has 66 valence electrons. The predicted octanol–water partition coefficient (Wildman–Crippen LogP) is 2.73. The van der Waals surface area contributed by atoms with Crippen molar-refractivity contribution in [2.45, 2.75) is 51.9 Å². The SMILES string of the molecule is CC1(CCCO)CCCCC1. The Morgan fingerprint density at radius 3 is 2.36 bits per heavy atom. The summed E-state index contributed by atoms with van der Waals surface area (Å²) in [6.45, 7) is 2.75. The fourth-order valence-corrected chi connectivity index (χ4v) is 2.16. The van der Waals surface area contributed by atoms with Gasteiger partial charge in [0, 0.05) is 6.61 Å². The molecular weight excluding hydrogens is 136 g/mol. The van der Waals surface area contributed by atoms with E-state index >= 15 is 0 Å². The van der Waals surface area contributed by atoms with Crippen molar-refractivity contribution < 1.29 is 5.11 Å². The second-order valence-corrected chi connectivity index (χ2v) is 4.20. The van der Waals surface area contributed by atoms with Crippen LogP contribution in [0.25, 0.3) is 0 Å². The number of hydrogen-bond acceptors (Lipinski definition) is 1. The van der Waals surface area contributed by atoms with Crippen molar-refractivity contribution in [1.29, 1.82) is 0 Å².